The second-order valence-corrected chi connectivity index (χ2v) is 7.83. The van der Waals surface area contributed by atoms with E-state index in [1.807, 2.05) is 31.2 Å². The molecule has 0 radical (unpaired) electrons. The highest BCUT2D eigenvalue weighted by molar-refractivity contribution is 9.10. The van der Waals surface area contributed by atoms with Gasteiger partial charge < -0.3 is 9.47 Å². The van der Waals surface area contributed by atoms with Crippen LogP contribution in [-0.2, 0) is 11.3 Å². The van der Waals surface area contributed by atoms with Crippen LogP contribution in [-0.4, -0.2) is 30.3 Å². The maximum absolute atomic E-state index is 12.7. The summed E-state index contributed by atoms with van der Waals surface area (Å²) in [7, 11) is 3.11. The van der Waals surface area contributed by atoms with E-state index in [0.717, 1.165) is 27.4 Å². The van der Waals surface area contributed by atoms with E-state index in [0.29, 0.717) is 22.0 Å². The maximum Gasteiger partial charge on any atom is 0.293 e. The van der Waals surface area contributed by atoms with Gasteiger partial charge in [0.05, 0.1) is 30.1 Å². The minimum Gasteiger partial charge on any atom is -0.496 e. The molecule has 0 atom stereocenters. The number of benzene rings is 2. The fraction of sp³-hybridized carbons (Fsp3) is 0.200. The van der Waals surface area contributed by atoms with Gasteiger partial charge >= 0.3 is 0 Å². The number of hydrogen-bond acceptors (Lipinski definition) is 5. The SMILES string of the molecule is COc1cc(OC)c(/C=C2\SC(=O)N(Cc3ccc(C)cc3)C2=O)cc1Br. The van der Waals surface area contributed by atoms with Crippen molar-refractivity contribution in [3.63, 3.8) is 0 Å². The highest BCUT2D eigenvalue weighted by Gasteiger charge is 2.35. The second kappa shape index (κ2) is 8.19. The van der Waals surface area contributed by atoms with Gasteiger partial charge in [-0.1, -0.05) is 29.8 Å². The van der Waals surface area contributed by atoms with Crippen LogP contribution in [0, 0.1) is 6.92 Å². The average molecular weight is 448 g/mol. The van der Waals surface area contributed by atoms with Gasteiger partial charge in [-0.15, -0.1) is 0 Å². The van der Waals surface area contributed by atoms with Gasteiger partial charge in [-0.25, -0.2) is 0 Å². The summed E-state index contributed by atoms with van der Waals surface area (Å²) in [5.74, 6) is 0.872. The molecule has 2 amide bonds. The van der Waals surface area contributed by atoms with Crippen LogP contribution in [0.5, 0.6) is 11.5 Å². The molecule has 140 valence electrons. The third-order valence-electron chi connectivity index (χ3n) is 4.13. The Hall–Kier alpha value is -2.25. The number of amides is 2. The first kappa shape index (κ1) is 19.5. The molecule has 7 heteroatoms. The fourth-order valence-electron chi connectivity index (χ4n) is 2.65. The van der Waals surface area contributed by atoms with Crippen LogP contribution in [0.25, 0.3) is 6.08 Å². The average Bonchev–Trinajstić information content (AvgIpc) is 2.91. The van der Waals surface area contributed by atoms with E-state index >= 15 is 0 Å². The normalized spacial score (nSPS) is 15.6. The van der Waals surface area contributed by atoms with E-state index in [2.05, 4.69) is 15.9 Å². The first-order valence-corrected chi connectivity index (χ1v) is 9.76. The predicted octanol–water partition coefficient (Wildman–Crippen LogP) is 5.01. The van der Waals surface area contributed by atoms with Gasteiger partial charge in [-0.2, -0.15) is 0 Å². The molecule has 3 rings (SSSR count). The Morgan fingerprint density at radius 2 is 1.74 bits per heavy atom. The molecule has 27 heavy (non-hydrogen) atoms. The molecule has 0 bridgehead atoms. The van der Waals surface area contributed by atoms with Gasteiger partial charge in [-0.3, -0.25) is 14.5 Å². The largest absolute Gasteiger partial charge is 0.496 e. The van der Waals surface area contributed by atoms with Crippen molar-refractivity contribution in [2.24, 2.45) is 0 Å². The van der Waals surface area contributed by atoms with E-state index in [-0.39, 0.29) is 17.7 Å². The van der Waals surface area contributed by atoms with Crippen molar-refractivity contribution in [1.29, 1.82) is 0 Å². The smallest absolute Gasteiger partial charge is 0.293 e. The van der Waals surface area contributed by atoms with E-state index < -0.39 is 0 Å². The van der Waals surface area contributed by atoms with Crippen LogP contribution >= 0.6 is 27.7 Å². The van der Waals surface area contributed by atoms with Gasteiger partial charge in [0, 0.05) is 11.6 Å². The summed E-state index contributed by atoms with van der Waals surface area (Å²) in [6, 6.07) is 11.3. The van der Waals surface area contributed by atoms with Crippen molar-refractivity contribution in [3.05, 3.63) is 62.5 Å². The zero-order valence-electron chi connectivity index (χ0n) is 15.1. The lowest BCUT2D eigenvalue weighted by atomic mass is 10.1. The predicted molar refractivity (Wildman–Crippen MR) is 110 cm³/mol. The lowest BCUT2D eigenvalue weighted by Crippen LogP contribution is -2.27. The van der Waals surface area contributed by atoms with Gasteiger partial charge in [0.15, 0.2) is 0 Å². The van der Waals surface area contributed by atoms with Crippen molar-refractivity contribution in [3.8, 4) is 11.5 Å². The second-order valence-electron chi connectivity index (χ2n) is 5.98. The first-order valence-electron chi connectivity index (χ1n) is 8.15. The standard InChI is InChI=1S/C20H18BrNO4S/c1-12-4-6-13(7-5-12)11-22-19(23)18(27-20(22)24)9-14-8-15(21)17(26-3)10-16(14)25-2/h4-10H,11H2,1-3H3/b18-9-. The number of thioether (sulfide) groups is 1. The van der Waals surface area contributed by atoms with Crippen molar-refractivity contribution in [2.75, 3.05) is 14.2 Å². The molecule has 5 nitrogen and oxygen atoms in total. The molecule has 0 aromatic heterocycles. The zero-order valence-corrected chi connectivity index (χ0v) is 17.5. The summed E-state index contributed by atoms with van der Waals surface area (Å²) in [4.78, 5) is 26.7. The Kier molecular flexibility index (Phi) is 5.92. The molecule has 1 aliphatic heterocycles. The molecule has 1 saturated heterocycles. The van der Waals surface area contributed by atoms with Crippen molar-refractivity contribution in [1.82, 2.24) is 4.90 Å². The van der Waals surface area contributed by atoms with E-state index in [4.69, 9.17) is 9.47 Å². The Balaban J connectivity index is 1.88. The summed E-state index contributed by atoms with van der Waals surface area (Å²) in [5.41, 5.74) is 2.73. The molecule has 0 saturated carbocycles. The molecule has 1 fully saturated rings. The molecular weight excluding hydrogens is 430 g/mol. The lowest BCUT2D eigenvalue weighted by Gasteiger charge is -2.13. The highest BCUT2D eigenvalue weighted by Crippen LogP contribution is 2.38. The van der Waals surface area contributed by atoms with Crippen LogP contribution in [0.4, 0.5) is 4.79 Å². The molecular formula is C20H18BrNO4S. The van der Waals surface area contributed by atoms with Crippen LogP contribution in [0.3, 0.4) is 0 Å². The van der Waals surface area contributed by atoms with E-state index in [9.17, 15) is 9.59 Å². The minimum absolute atomic E-state index is 0.256. The van der Waals surface area contributed by atoms with Crippen LogP contribution in [0.1, 0.15) is 16.7 Å². The number of imide groups is 1. The van der Waals surface area contributed by atoms with Gasteiger partial charge in [0.25, 0.3) is 11.1 Å². The van der Waals surface area contributed by atoms with Crippen LogP contribution in [0.2, 0.25) is 0 Å². The highest BCUT2D eigenvalue weighted by atomic mass is 79.9. The number of methoxy groups -OCH3 is 2. The Morgan fingerprint density at radius 3 is 2.37 bits per heavy atom. The molecule has 2 aromatic rings. The lowest BCUT2D eigenvalue weighted by molar-refractivity contribution is -0.123. The fourth-order valence-corrected chi connectivity index (χ4v) is 4.00. The van der Waals surface area contributed by atoms with Crippen molar-refractivity contribution in [2.45, 2.75) is 13.5 Å². The van der Waals surface area contributed by atoms with Crippen LogP contribution < -0.4 is 9.47 Å². The van der Waals surface area contributed by atoms with Crippen molar-refractivity contribution < 1.29 is 19.1 Å². The van der Waals surface area contributed by atoms with Gasteiger partial charge in [0.1, 0.15) is 11.5 Å². The minimum atomic E-state index is -0.306. The molecule has 0 spiro atoms. The monoisotopic (exact) mass is 447 g/mol. The molecule has 0 N–H and O–H groups in total. The number of nitrogens with zero attached hydrogens (tertiary/aromatic N) is 1. The number of hydrogen-bond donors (Lipinski definition) is 0. The summed E-state index contributed by atoms with van der Waals surface area (Å²) in [6.07, 6.45) is 1.67. The summed E-state index contributed by atoms with van der Waals surface area (Å²) < 4.78 is 11.4. The van der Waals surface area contributed by atoms with Crippen LogP contribution in [0.15, 0.2) is 45.8 Å². The Bertz CT molecular complexity index is 924. The van der Waals surface area contributed by atoms with Gasteiger partial charge in [-0.05, 0) is 52.3 Å². The number of aryl methyl sites for hydroxylation is 1. The number of rotatable bonds is 5. The van der Waals surface area contributed by atoms with Gasteiger partial charge in [0.2, 0.25) is 0 Å². The molecule has 0 unspecified atom stereocenters. The summed E-state index contributed by atoms with van der Waals surface area (Å²) in [5, 5.41) is -0.279. The van der Waals surface area contributed by atoms with Crippen molar-refractivity contribution >= 4 is 44.9 Å². The third kappa shape index (κ3) is 4.20. The number of ether oxygens (including phenoxy) is 2. The zero-order chi connectivity index (χ0) is 19.6. The first-order chi connectivity index (χ1) is 12.9. The molecule has 1 heterocycles. The Labute approximate surface area is 170 Å². The quantitative estimate of drug-likeness (QED) is 0.602. The summed E-state index contributed by atoms with van der Waals surface area (Å²) >= 11 is 4.36. The maximum atomic E-state index is 12.7. The third-order valence-corrected chi connectivity index (χ3v) is 5.65. The number of carbonyl (C=O) groups excluding carboxylic acids is 2. The molecule has 2 aromatic carbocycles. The molecule has 1 aliphatic rings. The summed E-state index contributed by atoms with van der Waals surface area (Å²) in [6.45, 7) is 2.25. The van der Waals surface area contributed by atoms with E-state index in [1.165, 1.54) is 4.90 Å². The number of carbonyl (C=O) groups is 2. The molecule has 0 aliphatic carbocycles. The number of halogens is 1. The Morgan fingerprint density at radius 1 is 1.07 bits per heavy atom. The van der Waals surface area contributed by atoms with E-state index in [1.54, 1.807) is 32.4 Å². The topological polar surface area (TPSA) is 55.8 Å².